The number of benzene rings is 1. The van der Waals surface area contributed by atoms with Crippen LogP contribution in [0.5, 0.6) is 0 Å². The second kappa shape index (κ2) is 5.27. The zero-order valence-corrected chi connectivity index (χ0v) is 11.2. The number of nitrogens with one attached hydrogen (secondary N) is 1. The van der Waals surface area contributed by atoms with Crippen LogP contribution in [0.2, 0.25) is 0 Å². The molecule has 5 nitrogen and oxygen atoms in total. The standard InChI is InChI=1S/C14H19N3O2/c1-18-10-14(6-3-7-14)9-15-8-11-4-2-5-12-13(11)17-19-16-12/h2,4-5,15H,3,6-10H2,1H3. The molecular formula is C14H19N3O2. The quantitative estimate of drug-likeness (QED) is 0.863. The number of rotatable bonds is 6. The summed E-state index contributed by atoms with van der Waals surface area (Å²) in [6.07, 6.45) is 3.82. The van der Waals surface area contributed by atoms with Crippen LogP contribution in [0.1, 0.15) is 24.8 Å². The van der Waals surface area contributed by atoms with Gasteiger partial charge < -0.3 is 10.1 Å². The zero-order valence-electron chi connectivity index (χ0n) is 11.2. The lowest BCUT2D eigenvalue weighted by Gasteiger charge is -2.41. The molecule has 0 spiro atoms. The summed E-state index contributed by atoms with van der Waals surface area (Å²) in [4.78, 5) is 0. The van der Waals surface area contributed by atoms with E-state index in [1.807, 2.05) is 12.1 Å². The molecule has 0 saturated heterocycles. The van der Waals surface area contributed by atoms with Gasteiger partial charge in [-0.25, -0.2) is 4.63 Å². The Kier molecular flexibility index (Phi) is 3.48. The smallest absolute Gasteiger partial charge is 0.139 e. The maximum atomic E-state index is 5.33. The van der Waals surface area contributed by atoms with Crippen LogP contribution >= 0.6 is 0 Å². The van der Waals surface area contributed by atoms with Crippen molar-refractivity contribution in [2.45, 2.75) is 25.8 Å². The number of nitrogens with zero attached hydrogens (tertiary/aromatic N) is 2. The first kappa shape index (κ1) is 12.6. The molecule has 1 heterocycles. The first-order valence-corrected chi connectivity index (χ1v) is 6.73. The number of fused-ring (bicyclic) bond motifs is 1. The molecule has 0 radical (unpaired) electrons. The first-order valence-electron chi connectivity index (χ1n) is 6.73. The van der Waals surface area contributed by atoms with Crippen LogP contribution in [-0.2, 0) is 11.3 Å². The van der Waals surface area contributed by atoms with Gasteiger partial charge in [-0.1, -0.05) is 18.6 Å². The van der Waals surface area contributed by atoms with Crippen molar-refractivity contribution in [3.63, 3.8) is 0 Å². The lowest BCUT2D eigenvalue weighted by molar-refractivity contribution is 0.0177. The molecule has 1 fully saturated rings. The Hall–Kier alpha value is -1.46. The van der Waals surface area contributed by atoms with Gasteiger partial charge in [0, 0.05) is 25.6 Å². The van der Waals surface area contributed by atoms with E-state index in [9.17, 15) is 0 Å². The molecule has 19 heavy (non-hydrogen) atoms. The molecule has 1 aliphatic carbocycles. The number of hydrogen-bond acceptors (Lipinski definition) is 5. The Balaban J connectivity index is 1.62. The van der Waals surface area contributed by atoms with Crippen molar-refractivity contribution in [3.05, 3.63) is 23.8 Å². The summed E-state index contributed by atoms with van der Waals surface area (Å²) in [6.45, 7) is 2.62. The van der Waals surface area contributed by atoms with Gasteiger partial charge >= 0.3 is 0 Å². The fourth-order valence-corrected chi connectivity index (χ4v) is 2.82. The lowest BCUT2D eigenvalue weighted by atomic mass is 9.69. The summed E-state index contributed by atoms with van der Waals surface area (Å²) < 4.78 is 10.1. The first-order chi connectivity index (χ1) is 9.33. The van der Waals surface area contributed by atoms with Crippen molar-refractivity contribution in [1.82, 2.24) is 15.6 Å². The minimum Gasteiger partial charge on any atom is -0.384 e. The van der Waals surface area contributed by atoms with Gasteiger partial charge in [-0.3, -0.25) is 0 Å². The Morgan fingerprint density at radius 1 is 1.37 bits per heavy atom. The molecule has 0 bridgehead atoms. The Morgan fingerprint density at radius 3 is 3.00 bits per heavy atom. The van der Waals surface area contributed by atoms with Crippen LogP contribution in [-0.4, -0.2) is 30.6 Å². The van der Waals surface area contributed by atoms with E-state index in [1.54, 1.807) is 7.11 Å². The van der Waals surface area contributed by atoms with Crippen LogP contribution in [0.4, 0.5) is 0 Å². The van der Waals surface area contributed by atoms with Crippen LogP contribution in [0, 0.1) is 5.41 Å². The highest BCUT2D eigenvalue weighted by Crippen LogP contribution is 2.40. The number of ether oxygens (including phenoxy) is 1. The van der Waals surface area contributed by atoms with Crippen molar-refractivity contribution in [1.29, 1.82) is 0 Å². The van der Waals surface area contributed by atoms with E-state index in [4.69, 9.17) is 9.37 Å². The molecule has 1 aromatic carbocycles. The van der Waals surface area contributed by atoms with Crippen molar-refractivity contribution >= 4 is 11.0 Å². The SMILES string of the molecule is COCC1(CNCc2cccc3nonc23)CCC1. The largest absolute Gasteiger partial charge is 0.384 e. The van der Waals surface area contributed by atoms with E-state index < -0.39 is 0 Å². The molecule has 2 aromatic rings. The summed E-state index contributed by atoms with van der Waals surface area (Å²) >= 11 is 0. The third-order valence-electron chi connectivity index (χ3n) is 4.05. The summed E-state index contributed by atoms with van der Waals surface area (Å²) in [6, 6.07) is 5.95. The third-order valence-corrected chi connectivity index (χ3v) is 4.05. The highest BCUT2D eigenvalue weighted by molar-refractivity contribution is 5.76. The zero-order chi connectivity index (χ0) is 13.1. The number of aromatic nitrogens is 2. The molecule has 0 atom stereocenters. The Labute approximate surface area is 112 Å². The molecule has 1 aliphatic rings. The Bertz CT molecular complexity index is 548. The third kappa shape index (κ3) is 2.48. The lowest BCUT2D eigenvalue weighted by Crippen LogP contribution is -2.43. The number of hydrogen-bond donors (Lipinski definition) is 1. The van der Waals surface area contributed by atoms with E-state index in [2.05, 4.69) is 21.7 Å². The maximum absolute atomic E-state index is 5.33. The molecule has 0 unspecified atom stereocenters. The van der Waals surface area contributed by atoms with E-state index in [0.717, 1.165) is 36.3 Å². The second-order valence-electron chi connectivity index (χ2n) is 5.44. The van der Waals surface area contributed by atoms with Gasteiger partial charge in [-0.05, 0) is 34.8 Å². The molecular weight excluding hydrogens is 242 g/mol. The average Bonchev–Trinajstić information content (AvgIpc) is 2.85. The van der Waals surface area contributed by atoms with Crippen molar-refractivity contribution in [2.75, 3.05) is 20.3 Å². The van der Waals surface area contributed by atoms with Gasteiger partial charge in [0.1, 0.15) is 11.0 Å². The van der Waals surface area contributed by atoms with Crippen molar-refractivity contribution in [2.24, 2.45) is 5.41 Å². The monoisotopic (exact) mass is 261 g/mol. The minimum atomic E-state index is 0.338. The highest BCUT2D eigenvalue weighted by Gasteiger charge is 2.36. The van der Waals surface area contributed by atoms with Gasteiger partial charge in [-0.2, -0.15) is 0 Å². The molecule has 102 valence electrons. The minimum absolute atomic E-state index is 0.338. The molecule has 0 aliphatic heterocycles. The van der Waals surface area contributed by atoms with E-state index >= 15 is 0 Å². The topological polar surface area (TPSA) is 60.2 Å². The van der Waals surface area contributed by atoms with Crippen LogP contribution in [0.3, 0.4) is 0 Å². The summed E-state index contributed by atoms with van der Waals surface area (Å²) in [7, 11) is 1.78. The van der Waals surface area contributed by atoms with Gasteiger partial charge in [0.25, 0.3) is 0 Å². The predicted octanol–water partition coefficient (Wildman–Crippen LogP) is 2.13. The summed E-state index contributed by atoms with van der Waals surface area (Å²) in [5.41, 5.74) is 3.13. The van der Waals surface area contributed by atoms with E-state index in [1.165, 1.54) is 19.3 Å². The van der Waals surface area contributed by atoms with Crippen molar-refractivity contribution in [3.8, 4) is 0 Å². The van der Waals surface area contributed by atoms with Crippen molar-refractivity contribution < 1.29 is 9.37 Å². The van der Waals surface area contributed by atoms with Gasteiger partial charge in [0.15, 0.2) is 0 Å². The maximum Gasteiger partial charge on any atom is 0.139 e. The number of methoxy groups -OCH3 is 1. The van der Waals surface area contributed by atoms with Gasteiger partial charge in [0.2, 0.25) is 0 Å². The van der Waals surface area contributed by atoms with Crippen LogP contribution in [0.25, 0.3) is 11.0 Å². The van der Waals surface area contributed by atoms with Gasteiger partial charge in [0.05, 0.1) is 6.61 Å². The summed E-state index contributed by atoms with van der Waals surface area (Å²) in [5.74, 6) is 0. The summed E-state index contributed by atoms with van der Waals surface area (Å²) in [5, 5.41) is 11.3. The van der Waals surface area contributed by atoms with E-state index in [0.29, 0.717) is 5.41 Å². The molecule has 1 aromatic heterocycles. The Morgan fingerprint density at radius 2 is 2.26 bits per heavy atom. The molecule has 5 heteroatoms. The predicted molar refractivity (Wildman–Crippen MR) is 71.7 cm³/mol. The second-order valence-corrected chi connectivity index (χ2v) is 5.44. The molecule has 0 amide bonds. The molecule has 1 saturated carbocycles. The van der Waals surface area contributed by atoms with E-state index in [-0.39, 0.29) is 0 Å². The normalized spacial score (nSPS) is 17.5. The average molecular weight is 261 g/mol. The van der Waals surface area contributed by atoms with Crippen LogP contribution in [0.15, 0.2) is 22.8 Å². The fourth-order valence-electron chi connectivity index (χ4n) is 2.82. The molecule has 1 N–H and O–H groups in total. The fraction of sp³-hybridized carbons (Fsp3) is 0.571. The van der Waals surface area contributed by atoms with Gasteiger partial charge in [-0.15, -0.1) is 0 Å². The van der Waals surface area contributed by atoms with Crippen LogP contribution < -0.4 is 5.32 Å². The molecule has 3 rings (SSSR count). The highest BCUT2D eigenvalue weighted by atomic mass is 16.6.